The molecule has 0 aliphatic carbocycles. The van der Waals surface area contributed by atoms with Gasteiger partial charge in [-0.25, -0.2) is 4.79 Å². The number of epoxide rings is 1. The second-order valence-electron chi connectivity index (χ2n) is 7.17. The molecule has 0 radical (unpaired) electrons. The Balaban J connectivity index is 2.09. The summed E-state index contributed by atoms with van der Waals surface area (Å²) in [6.07, 6.45) is -0.202. The summed E-state index contributed by atoms with van der Waals surface area (Å²) in [6, 6.07) is 9.78. The van der Waals surface area contributed by atoms with E-state index in [-0.39, 0.29) is 17.5 Å². The van der Waals surface area contributed by atoms with Crippen molar-refractivity contribution in [2.24, 2.45) is 5.41 Å². The average molecular weight is 276 g/mol. The lowest BCUT2D eigenvalue weighted by Gasteiger charge is -2.38. The van der Waals surface area contributed by atoms with Crippen molar-refractivity contribution in [3.05, 3.63) is 35.9 Å². The van der Waals surface area contributed by atoms with E-state index in [4.69, 9.17) is 9.47 Å². The Kier molecular flexibility index (Phi) is 3.45. The molecule has 1 aliphatic rings. The van der Waals surface area contributed by atoms with Crippen LogP contribution >= 0.6 is 0 Å². The molecule has 1 aromatic carbocycles. The van der Waals surface area contributed by atoms with Gasteiger partial charge in [0.2, 0.25) is 0 Å². The van der Waals surface area contributed by atoms with Gasteiger partial charge in [0.15, 0.2) is 5.60 Å². The van der Waals surface area contributed by atoms with Crippen LogP contribution in [0.25, 0.3) is 0 Å². The molecule has 0 amide bonds. The van der Waals surface area contributed by atoms with Gasteiger partial charge in [0.25, 0.3) is 0 Å². The Morgan fingerprint density at radius 2 is 1.70 bits per heavy atom. The fraction of sp³-hybridized carbons (Fsp3) is 0.588. The highest BCUT2D eigenvalue weighted by Gasteiger charge is 2.61. The SMILES string of the molecule is CC1(C(=O)OC(C)(C)C(C)(C)C)OC1c1ccccc1. The highest BCUT2D eigenvalue weighted by molar-refractivity contribution is 5.83. The highest BCUT2D eigenvalue weighted by Crippen LogP contribution is 2.51. The minimum absolute atomic E-state index is 0.129. The summed E-state index contributed by atoms with van der Waals surface area (Å²) in [5, 5.41) is 0. The van der Waals surface area contributed by atoms with Gasteiger partial charge in [-0.2, -0.15) is 0 Å². The molecule has 0 saturated carbocycles. The van der Waals surface area contributed by atoms with Crippen molar-refractivity contribution < 1.29 is 14.3 Å². The molecular weight excluding hydrogens is 252 g/mol. The van der Waals surface area contributed by atoms with Crippen molar-refractivity contribution in [3.63, 3.8) is 0 Å². The van der Waals surface area contributed by atoms with Crippen LogP contribution in [-0.2, 0) is 14.3 Å². The van der Waals surface area contributed by atoms with Crippen LogP contribution in [0.2, 0.25) is 0 Å². The molecule has 1 saturated heterocycles. The summed E-state index contributed by atoms with van der Waals surface area (Å²) in [5.41, 5.74) is -0.513. The van der Waals surface area contributed by atoms with Crippen LogP contribution in [0.3, 0.4) is 0 Å². The largest absolute Gasteiger partial charge is 0.457 e. The molecule has 0 aromatic heterocycles. The Morgan fingerprint density at radius 3 is 2.20 bits per heavy atom. The maximum atomic E-state index is 12.4. The van der Waals surface area contributed by atoms with Gasteiger partial charge in [-0.05, 0) is 26.3 Å². The Bertz CT molecular complexity index is 499. The molecule has 1 fully saturated rings. The Morgan fingerprint density at radius 1 is 1.15 bits per heavy atom. The molecule has 110 valence electrons. The lowest BCUT2D eigenvalue weighted by molar-refractivity contribution is -0.173. The molecule has 0 bridgehead atoms. The number of ether oxygens (including phenoxy) is 2. The molecule has 1 aromatic rings. The fourth-order valence-electron chi connectivity index (χ4n) is 1.87. The number of carbonyl (C=O) groups is 1. The molecule has 0 N–H and O–H groups in total. The molecule has 20 heavy (non-hydrogen) atoms. The zero-order valence-corrected chi connectivity index (χ0v) is 13.2. The maximum Gasteiger partial charge on any atom is 0.341 e. The standard InChI is InChI=1S/C17H24O3/c1-15(2,3)16(4,5)20-14(18)17(6)13(19-17)12-10-8-7-9-11-12/h7-11,13H,1-6H3. The first-order valence-electron chi connectivity index (χ1n) is 7.04. The van der Waals surface area contributed by atoms with Crippen molar-refractivity contribution in [2.45, 2.75) is 58.8 Å². The average Bonchev–Trinajstić information content (AvgIpc) is 3.02. The van der Waals surface area contributed by atoms with Gasteiger partial charge >= 0.3 is 5.97 Å². The topological polar surface area (TPSA) is 38.8 Å². The quantitative estimate of drug-likeness (QED) is 0.621. The van der Waals surface area contributed by atoms with Crippen molar-refractivity contribution >= 4 is 5.97 Å². The second kappa shape index (κ2) is 4.59. The normalized spacial score (nSPS) is 26.2. The number of hydrogen-bond acceptors (Lipinski definition) is 3. The van der Waals surface area contributed by atoms with E-state index >= 15 is 0 Å². The smallest absolute Gasteiger partial charge is 0.341 e. The first kappa shape index (κ1) is 15.0. The summed E-state index contributed by atoms with van der Waals surface area (Å²) >= 11 is 0. The number of esters is 1. The van der Waals surface area contributed by atoms with E-state index in [0.717, 1.165) is 5.56 Å². The summed E-state index contributed by atoms with van der Waals surface area (Å²) in [6.45, 7) is 11.9. The molecule has 0 spiro atoms. The minimum Gasteiger partial charge on any atom is -0.457 e. The van der Waals surface area contributed by atoms with E-state index in [0.29, 0.717) is 0 Å². The number of carbonyl (C=O) groups excluding carboxylic acids is 1. The first-order valence-corrected chi connectivity index (χ1v) is 7.04. The lowest BCUT2D eigenvalue weighted by atomic mass is 9.79. The summed E-state index contributed by atoms with van der Waals surface area (Å²) in [5.74, 6) is -0.286. The number of rotatable bonds is 3. The molecule has 2 rings (SSSR count). The van der Waals surface area contributed by atoms with E-state index < -0.39 is 11.2 Å². The summed E-state index contributed by atoms with van der Waals surface area (Å²) in [4.78, 5) is 12.4. The predicted octanol–water partition coefficient (Wildman–Crippen LogP) is 3.88. The minimum atomic E-state index is -0.857. The number of benzene rings is 1. The lowest BCUT2D eigenvalue weighted by Crippen LogP contribution is -2.44. The Hall–Kier alpha value is -1.35. The van der Waals surface area contributed by atoms with Gasteiger partial charge in [-0.1, -0.05) is 51.1 Å². The van der Waals surface area contributed by atoms with Crippen LogP contribution in [0.4, 0.5) is 0 Å². The van der Waals surface area contributed by atoms with E-state index in [2.05, 4.69) is 20.8 Å². The third kappa shape index (κ3) is 2.59. The van der Waals surface area contributed by atoms with Crippen LogP contribution in [0.15, 0.2) is 30.3 Å². The monoisotopic (exact) mass is 276 g/mol. The molecule has 2 atom stereocenters. The van der Waals surface area contributed by atoms with Crippen molar-refractivity contribution in [3.8, 4) is 0 Å². The third-order valence-corrected chi connectivity index (χ3v) is 4.47. The van der Waals surface area contributed by atoms with E-state index in [1.54, 1.807) is 6.92 Å². The van der Waals surface area contributed by atoms with Gasteiger partial charge < -0.3 is 9.47 Å². The molecule has 1 heterocycles. The van der Waals surface area contributed by atoms with Gasteiger partial charge in [0.1, 0.15) is 11.7 Å². The van der Waals surface area contributed by atoms with Crippen molar-refractivity contribution in [1.29, 1.82) is 0 Å². The fourth-order valence-corrected chi connectivity index (χ4v) is 1.87. The van der Waals surface area contributed by atoms with Crippen LogP contribution in [0, 0.1) is 5.41 Å². The van der Waals surface area contributed by atoms with E-state index in [1.165, 1.54) is 0 Å². The zero-order valence-electron chi connectivity index (χ0n) is 13.2. The second-order valence-corrected chi connectivity index (χ2v) is 7.17. The summed E-state index contributed by atoms with van der Waals surface area (Å²) in [7, 11) is 0. The van der Waals surface area contributed by atoms with Crippen LogP contribution in [-0.4, -0.2) is 17.2 Å². The molecular formula is C17H24O3. The summed E-state index contributed by atoms with van der Waals surface area (Å²) < 4.78 is 11.4. The predicted molar refractivity (Wildman–Crippen MR) is 78.3 cm³/mol. The van der Waals surface area contributed by atoms with E-state index in [9.17, 15) is 4.79 Å². The molecule has 3 heteroatoms. The van der Waals surface area contributed by atoms with Crippen LogP contribution < -0.4 is 0 Å². The molecule has 3 nitrogen and oxygen atoms in total. The van der Waals surface area contributed by atoms with Gasteiger partial charge in [-0.3, -0.25) is 0 Å². The van der Waals surface area contributed by atoms with Crippen LogP contribution in [0.1, 0.15) is 53.2 Å². The molecule has 1 aliphatic heterocycles. The van der Waals surface area contributed by atoms with Crippen LogP contribution in [0.5, 0.6) is 0 Å². The first-order chi connectivity index (χ1) is 9.08. The maximum absolute atomic E-state index is 12.4. The third-order valence-electron chi connectivity index (χ3n) is 4.47. The Labute approximate surface area is 121 Å². The highest BCUT2D eigenvalue weighted by atomic mass is 16.7. The zero-order chi connectivity index (χ0) is 15.2. The van der Waals surface area contributed by atoms with Crippen molar-refractivity contribution in [1.82, 2.24) is 0 Å². The van der Waals surface area contributed by atoms with E-state index in [1.807, 2.05) is 44.2 Å². The van der Waals surface area contributed by atoms with Gasteiger partial charge in [0, 0.05) is 5.41 Å². The number of hydrogen-bond donors (Lipinski definition) is 0. The molecule has 2 unspecified atom stereocenters. The van der Waals surface area contributed by atoms with Gasteiger partial charge in [-0.15, -0.1) is 0 Å². The van der Waals surface area contributed by atoms with Crippen molar-refractivity contribution in [2.75, 3.05) is 0 Å². The van der Waals surface area contributed by atoms with Gasteiger partial charge in [0.05, 0.1) is 0 Å².